The molecule has 0 saturated carbocycles. The van der Waals surface area contributed by atoms with Crippen molar-refractivity contribution in [2.45, 2.75) is 27.2 Å². The molecule has 6 heteroatoms. The number of nitrogens with zero attached hydrogens (tertiary/aromatic N) is 4. The number of aryl methyl sites for hydroxylation is 1. The highest BCUT2D eigenvalue weighted by Gasteiger charge is 2.14. The van der Waals surface area contributed by atoms with Gasteiger partial charge in [0.15, 0.2) is 5.82 Å². The van der Waals surface area contributed by atoms with Crippen molar-refractivity contribution in [2.75, 3.05) is 11.6 Å². The van der Waals surface area contributed by atoms with Gasteiger partial charge in [-0.25, -0.2) is 4.98 Å². The van der Waals surface area contributed by atoms with Crippen molar-refractivity contribution in [1.82, 2.24) is 15.4 Å². The maximum atomic E-state index is 12.4. The molecule has 0 aliphatic carbocycles. The topological polar surface area (TPSA) is 81.9 Å². The number of carbonyl (C=O) groups excluding carboxylic acids is 1. The Balaban J connectivity index is 2.11. The molecular formula is C18H21N5O. The number of hydrogen-bond donors (Lipinski definition) is 1. The minimum Gasteiger partial charge on any atom is -0.273 e. The average molecular weight is 323 g/mol. The molecule has 0 radical (unpaired) electrons. The number of hydrogen-bond acceptors (Lipinski definition) is 5. The van der Waals surface area contributed by atoms with E-state index in [1.165, 1.54) is 6.20 Å². The lowest BCUT2D eigenvalue weighted by atomic mass is 10.1. The first-order valence-electron chi connectivity index (χ1n) is 7.83. The number of aromatic nitrogens is 2. The predicted octanol–water partition coefficient (Wildman–Crippen LogP) is 2.39. The van der Waals surface area contributed by atoms with Crippen LogP contribution in [0.1, 0.15) is 30.8 Å². The molecule has 24 heavy (non-hydrogen) atoms. The maximum Gasteiger partial charge on any atom is 0.242 e. The predicted molar refractivity (Wildman–Crippen MR) is 92.0 cm³/mol. The van der Waals surface area contributed by atoms with Gasteiger partial charge in [0.1, 0.15) is 6.07 Å². The second kappa shape index (κ2) is 8.06. The van der Waals surface area contributed by atoms with Crippen LogP contribution < -0.4 is 10.4 Å². The molecular weight excluding hydrogens is 302 g/mol. The molecule has 2 aromatic rings. The number of anilines is 1. The summed E-state index contributed by atoms with van der Waals surface area (Å²) in [4.78, 5) is 20.4. The second-order valence-corrected chi connectivity index (χ2v) is 6.05. The zero-order chi connectivity index (χ0) is 17.5. The van der Waals surface area contributed by atoms with Crippen molar-refractivity contribution >= 4 is 11.7 Å². The van der Waals surface area contributed by atoms with Gasteiger partial charge >= 0.3 is 0 Å². The van der Waals surface area contributed by atoms with Crippen LogP contribution in [-0.4, -0.2) is 22.4 Å². The summed E-state index contributed by atoms with van der Waals surface area (Å²) >= 11 is 0. The normalized spacial score (nSPS) is 10.3. The third-order valence-electron chi connectivity index (χ3n) is 3.31. The van der Waals surface area contributed by atoms with Crippen LogP contribution in [0, 0.1) is 24.2 Å². The Kier molecular flexibility index (Phi) is 5.85. The van der Waals surface area contributed by atoms with Crippen LogP contribution in [0.15, 0.2) is 36.5 Å². The Bertz CT molecular complexity index is 734. The summed E-state index contributed by atoms with van der Waals surface area (Å²) < 4.78 is 0. The largest absolute Gasteiger partial charge is 0.273 e. The molecule has 1 aromatic carbocycles. The molecule has 0 aliphatic heterocycles. The van der Waals surface area contributed by atoms with Crippen molar-refractivity contribution < 1.29 is 4.79 Å². The van der Waals surface area contributed by atoms with E-state index in [1.54, 1.807) is 11.1 Å². The average Bonchev–Trinajstić information content (AvgIpc) is 2.56. The van der Waals surface area contributed by atoms with Crippen LogP contribution >= 0.6 is 0 Å². The molecule has 0 bridgehead atoms. The summed E-state index contributed by atoms with van der Waals surface area (Å²) in [6, 6.07) is 11.4. The Morgan fingerprint density at radius 1 is 1.29 bits per heavy atom. The smallest absolute Gasteiger partial charge is 0.242 e. The Labute approximate surface area is 142 Å². The van der Waals surface area contributed by atoms with Crippen LogP contribution in [0.5, 0.6) is 0 Å². The fourth-order valence-corrected chi connectivity index (χ4v) is 2.20. The summed E-state index contributed by atoms with van der Waals surface area (Å²) in [6.45, 7) is 6.69. The van der Waals surface area contributed by atoms with Crippen molar-refractivity contribution in [2.24, 2.45) is 5.92 Å². The first-order valence-corrected chi connectivity index (χ1v) is 7.83. The molecule has 0 aliphatic rings. The van der Waals surface area contributed by atoms with E-state index >= 15 is 0 Å². The summed E-state index contributed by atoms with van der Waals surface area (Å²) in [5, 5.41) is 10.6. The molecule has 0 unspecified atom stereocenters. The van der Waals surface area contributed by atoms with Gasteiger partial charge < -0.3 is 0 Å². The summed E-state index contributed by atoms with van der Waals surface area (Å²) in [5.74, 6) is 0.767. The Morgan fingerprint density at radius 3 is 2.62 bits per heavy atom. The summed E-state index contributed by atoms with van der Waals surface area (Å²) in [7, 11) is 0. The molecule has 0 spiro atoms. The number of nitrogens with one attached hydrogen (secondary N) is 1. The molecule has 124 valence electrons. The van der Waals surface area contributed by atoms with Gasteiger partial charge in [-0.2, -0.15) is 10.2 Å². The summed E-state index contributed by atoms with van der Waals surface area (Å²) in [6.07, 6.45) is 1.80. The highest BCUT2D eigenvalue weighted by atomic mass is 16.2. The van der Waals surface area contributed by atoms with Gasteiger partial charge in [-0.15, -0.1) is 0 Å². The maximum absolute atomic E-state index is 12.4. The molecule has 1 amide bonds. The zero-order valence-electron chi connectivity index (χ0n) is 14.2. The van der Waals surface area contributed by atoms with Gasteiger partial charge in [-0.1, -0.05) is 43.7 Å². The summed E-state index contributed by atoms with van der Waals surface area (Å²) in [5.41, 5.74) is 4.98. The van der Waals surface area contributed by atoms with E-state index < -0.39 is 0 Å². The van der Waals surface area contributed by atoms with E-state index in [0.29, 0.717) is 18.3 Å². The molecule has 0 fully saturated rings. The van der Waals surface area contributed by atoms with E-state index in [1.807, 2.05) is 51.1 Å². The fraction of sp³-hybridized carbons (Fsp3) is 0.333. The third kappa shape index (κ3) is 5.06. The van der Waals surface area contributed by atoms with Crippen LogP contribution in [0.25, 0.3) is 0 Å². The first-order chi connectivity index (χ1) is 11.5. The lowest BCUT2D eigenvalue weighted by Gasteiger charge is -2.26. The number of amides is 1. The minimum absolute atomic E-state index is 0.0778. The van der Waals surface area contributed by atoms with Crippen LogP contribution in [0.4, 0.5) is 5.82 Å². The van der Waals surface area contributed by atoms with Gasteiger partial charge in [0, 0.05) is 18.8 Å². The van der Waals surface area contributed by atoms with E-state index in [-0.39, 0.29) is 18.2 Å². The fourth-order valence-electron chi connectivity index (χ4n) is 2.20. The van der Waals surface area contributed by atoms with Gasteiger partial charge in [-0.05, 0) is 18.4 Å². The Hall–Kier alpha value is -2.94. The molecule has 2 rings (SSSR count). The van der Waals surface area contributed by atoms with Gasteiger partial charge in [0.25, 0.3) is 0 Å². The van der Waals surface area contributed by atoms with Crippen LogP contribution in [0.2, 0.25) is 0 Å². The molecule has 0 saturated heterocycles. The number of benzene rings is 1. The van der Waals surface area contributed by atoms with Gasteiger partial charge in [0.05, 0.1) is 6.42 Å². The number of hydrazine groups is 1. The third-order valence-corrected chi connectivity index (χ3v) is 3.31. The van der Waals surface area contributed by atoms with E-state index in [2.05, 4.69) is 15.4 Å². The van der Waals surface area contributed by atoms with Crippen molar-refractivity contribution in [1.29, 1.82) is 5.26 Å². The SMILES string of the molecule is Cc1ccc(CC(=O)NN(CC(C)C)c2ccnc(C#N)n2)cc1. The number of carbonyl (C=O) groups is 1. The molecule has 1 heterocycles. The highest BCUT2D eigenvalue weighted by molar-refractivity contribution is 5.80. The highest BCUT2D eigenvalue weighted by Crippen LogP contribution is 2.11. The number of nitriles is 1. The molecule has 0 atom stereocenters. The van der Waals surface area contributed by atoms with Crippen molar-refractivity contribution in [3.63, 3.8) is 0 Å². The molecule has 1 N–H and O–H groups in total. The second-order valence-electron chi connectivity index (χ2n) is 6.05. The van der Waals surface area contributed by atoms with Crippen molar-refractivity contribution in [3.8, 4) is 6.07 Å². The van der Waals surface area contributed by atoms with Crippen LogP contribution in [0.3, 0.4) is 0 Å². The zero-order valence-corrected chi connectivity index (χ0v) is 14.2. The monoisotopic (exact) mass is 323 g/mol. The Morgan fingerprint density at radius 2 is 2.00 bits per heavy atom. The quantitative estimate of drug-likeness (QED) is 0.825. The molecule has 6 nitrogen and oxygen atoms in total. The van der Waals surface area contributed by atoms with Crippen LogP contribution in [-0.2, 0) is 11.2 Å². The molecule has 1 aromatic heterocycles. The van der Waals surface area contributed by atoms with Gasteiger partial charge in [0.2, 0.25) is 11.7 Å². The van der Waals surface area contributed by atoms with E-state index in [9.17, 15) is 4.79 Å². The van der Waals surface area contributed by atoms with E-state index in [4.69, 9.17) is 5.26 Å². The number of rotatable bonds is 6. The van der Waals surface area contributed by atoms with Crippen molar-refractivity contribution in [3.05, 3.63) is 53.5 Å². The lowest BCUT2D eigenvalue weighted by molar-refractivity contribution is -0.120. The van der Waals surface area contributed by atoms with Gasteiger partial charge in [-0.3, -0.25) is 15.2 Å². The standard InChI is InChI=1S/C18H21N5O/c1-13(2)12-23(17-8-9-20-16(11-19)21-17)22-18(24)10-15-6-4-14(3)5-7-15/h4-9,13H,10,12H2,1-3H3,(H,22,24). The van der Waals surface area contributed by atoms with E-state index in [0.717, 1.165) is 11.1 Å². The lowest BCUT2D eigenvalue weighted by Crippen LogP contribution is -2.45. The first kappa shape index (κ1) is 17.4. The minimum atomic E-state index is -0.128.